The van der Waals surface area contributed by atoms with Gasteiger partial charge in [0, 0.05) is 75.8 Å². The zero-order valence-corrected chi connectivity index (χ0v) is 53.9. The van der Waals surface area contributed by atoms with E-state index in [1.165, 1.54) is 6.92 Å². The molecule has 1 aromatic rings. The zero-order chi connectivity index (χ0) is 67.4. The van der Waals surface area contributed by atoms with Crippen molar-refractivity contribution in [2.75, 3.05) is 60.2 Å². The Morgan fingerprint density at radius 2 is 1.27 bits per heavy atom. The minimum Gasteiger partial charge on any atom is -0.461 e. The first-order chi connectivity index (χ1) is 43.1. The van der Waals surface area contributed by atoms with Crippen molar-refractivity contribution in [1.82, 2.24) is 20.4 Å². The number of allylic oxidation sites excluding steroid dienone is 12. The highest BCUT2D eigenvalue weighted by atomic mass is 16.7. The van der Waals surface area contributed by atoms with Crippen LogP contribution in [-0.4, -0.2) is 243 Å². The average molecular weight is 1280 g/mol. The van der Waals surface area contributed by atoms with Crippen LogP contribution in [0, 0.1) is 17.8 Å². The predicted molar refractivity (Wildman–Crippen MR) is 342 cm³/mol. The van der Waals surface area contributed by atoms with Crippen molar-refractivity contribution in [2.24, 2.45) is 17.8 Å². The molecular formula is C67H103N5O19. The predicted octanol–water partition coefficient (Wildman–Crippen LogP) is 2.06. The highest BCUT2D eigenvalue weighted by molar-refractivity contribution is 5.96. The van der Waals surface area contributed by atoms with Gasteiger partial charge in [0.1, 0.15) is 24.1 Å². The molecule has 1 aromatic carbocycles. The Morgan fingerprint density at radius 1 is 0.703 bits per heavy atom. The van der Waals surface area contributed by atoms with Crippen LogP contribution in [0.4, 0.5) is 5.69 Å². The second-order valence-corrected chi connectivity index (χ2v) is 24.9. The lowest BCUT2D eigenvalue weighted by Gasteiger charge is -2.46. The molecule has 3 aliphatic rings. The van der Waals surface area contributed by atoms with E-state index < -0.39 is 178 Å². The van der Waals surface area contributed by atoms with E-state index in [-0.39, 0.29) is 50.0 Å². The number of nitrogens with zero attached hydrogens (tertiary/aromatic N) is 2. The molecule has 0 aliphatic carbocycles. The Labute approximate surface area is 535 Å². The van der Waals surface area contributed by atoms with Crippen molar-refractivity contribution >= 4 is 35.0 Å². The van der Waals surface area contributed by atoms with Crippen molar-refractivity contribution < 1.29 is 94.0 Å². The Bertz CT molecular complexity index is 2610. The van der Waals surface area contributed by atoms with Crippen LogP contribution in [-0.2, 0) is 38.1 Å². The number of aliphatic hydroxyl groups is 10. The number of nitrogens with one attached hydrogen (secondary N) is 3. The standard InChI is InChI=1S/C67H103N5O19/c1-42-21-19-17-15-13-11-9-10-12-14-16-18-20-22-54(89-66-63(85)61(62(84)44(3)88-66)70-58(82)41-72(7)8)38-57-60(65(86)69-29-30-71(5)6)56(81)40-67(87,91-57)39-53(79)35-51(77)33-49(75)31-48(74)32-50(76)34-52(78)37-59(83)90-64(42)43(2)23-28-47(73)36-55(80)45-24-26-46(68-4)27-25-45/h9-22,24-27,42-44,47-49,51-54,56-57,60-64,66,68,73-75,77-79,81,84-85,87H,23,28-41H2,1-8H3,(H,69,86)(H,70,82)/t42-,43-,44?,47?,48?,49?,51?,52+,53?,54-,56-,57-,60-,61-,62+,63-,64-,66+,67+/m0/s1. The molecule has 3 aliphatic heterocycles. The van der Waals surface area contributed by atoms with Crippen LogP contribution in [0.2, 0.25) is 0 Å². The van der Waals surface area contributed by atoms with E-state index in [1.54, 1.807) is 129 Å². The second kappa shape index (κ2) is 39.8. The lowest BCUT2D eigenvalue weighted by Crippen LogP contribution is -2.64. The van der Waals surface area contributed by atoms with E-state index in [9.17, 15) is 75.0 Å². The molecule has 2 fully saturated rings. The number of cyclic esters (lactones) is 1. The number of fused-ring (bicyclic) bond motifs is 2. The number of ketones is 2. The fraction of sp³-hybridized carbons (Fsp3) is 0.627. The highest BCUT2D eigenvalue weighted by Crippen LogP contribution is 2.38. The zero-order valence-electron chi connectivity index (χ0n) is 53.9. The summed E-state index contributed by atoms with van der Waals surface area (Å²) in [6.45, 7) is 5.81. The van der Waals surface area contributed by atoms with Gasteiger partial charge in [-0.2, -0.15) is 0 Å². The quantitative estimate of drug-likeness (QED) is 0.0784. The smallest absolute Gasteiger partial charge is 0.308 e. The summed E-state index contributed by atoms with van der Waals surface area (Å²) in [4.78, 5) is 69.8. The number of Topliss-reactive ketones (excluding diaryl/α,β-unsaturated/α-hetero) is 2. The first-order valence-corrected chi connectivity index (χ1v) is 31.5. The summed E-state index contributed by atoms with van der Waals surface area (Å²) in [6.07, 6.45) is 2.19. The Hall–Kier alpha value is -5.65. The topological polar surface area (TPSA) is 367 Å². The Balaban J connectivity index is 1.62. The SMILES string of the molecule is CNc1ccc(C(=O)CC(O)CC[C@H](C)[C@H]2OC(=O)C[C@H](O)CC(=O)CC(O)CC(O)CC(O)CC(O)C[C@]3(O)C[C@H](O)[C@H](C(=O)NCCN(C)C)[C@H](C[C@@H](O[C@H]4OC(C)[C@@H](O)[C@H](NC(=O)CN(C)C)[C@@H]4O)C=CC=CC=CC=CC=CC=CC=C[C@@H]2C)O3)cc1. The number of benzene rings is 1. The van der Waals surface area contributed by atoms with Gasteiger partial charge in [0.25, 0.3) is 0 Å². The van der Waals surface area contributed by atoms with Crippen LogP contribution in [0.25, 0.3) is 0 Å². The molecule has 510 valence electrons. The van der Waals surface area contributed by atoms with Gasteiger partial charge in [-0.1, -0.05) is 98.9 Å². The number of ether oxygens (including phenoxy) is 4. The number of anilines is 1. The molecule has 0 radical (unpaired) electrons. The van der Waals surface area contributed by atoms with Gasteiger partial charge in [0.15, 0.2) is 17.9 Å². The molecule has 2 amide bonds. The number of rotatable bonds is 17. The number of likely N-dealkylation sites (N-methyl/N-ethyl adjacent to an activating group) is 2. The molecule has 19 atom stereocenters. The third-order valence-electron chi connectivity index (χ3n) is 16.0. The van der Waals surface area contributed by atoms with Crippen LogP contribution >= 0.6 is 0 Å². The molecule has 6 unspecified atom stereocenters. The fourth-order valence-corrected chi connectivity index (χ4v) is 11.3. The molecular weight excluding hydrogens is 1180 g/mol. The van der Waals surface area contributed by atoms with Gasteiger partial charge in [0.05, 0.1) is 86.0 Å². The van der Waals surface area contributed by atoms with Crippen LogP contribution in [0.5, 0.6) is 0 Å². The largest absolute Gasteiger partial charge is 0.461 e. The maximum absolute atomic E-state index is 14.0. The summed E-state index contributed by atoms with van der Waals surface area (Å²) in [6, 6.07) is 5.68. The summed E-state index contributed by atoms with van der Waals surface area (Å²) in [5.74, 6) is -7.10. The minimum atomic E-state index is -2.32. The summed E-state index contributed by atoms with van der Waals surface area (Å²) in [7, 11) is 8.75. The van der Waals surface area contributed by atoms with Gasteiger partial charge in [-0.15, -0.1) is 0 Å². The van der Waals surface area contributed by atoms with Crippen LogP contribution in [0.1, 0.15) is 108 Å². The van der Waals surface area contributed by atoms with E-state index in [4.69, 9.17) is 18.9 Å². The molecule has 24 nitrogen and oxygen atoms in total. The molecule has 2 bridgehead atoms. The second-order valence-electron chi connectivity index (χ2n) is 24.9. The van der Waals surface area contributed by atoms with E-state index in [1.807, 2.05) is 38.9 Å². The average Bonchev–Trinajstić information content (AvgIpc) is 0.818. The summed E-state index contributed by atoms with van der Waals surface area (Å²) in [5, 5.41) is 121. The van der Waals surface area contributed by atoms with Gasteiger partial charge in [-0.05, 0) is 97.4 Å². The molecule has 2 saturated heterocycles. The molecule has 3 heterocycles. The van der Waals surface area contributed by atoms with Crippen LogP contribution in [0.3, 0.4) is 0 Å². The molecule has 0 spiro atoms. The van der Waals surface area contributed by atoms with Crippen LogP contribution < -0.4 is 16.0 Å². The molecule has 0 aromatic heterocycles. The molecule has 24 heteroatoms. The fourth-order valence-electron chi connectivity index (χ4n) is 11.3. The molecule has 0 saturated carbocycles. The third kappa shape index (κ3) is 28.6. The molecule has 13 N–H and O–H groups in total. The number of carbonyl (C=O) groups is 5. The monoisotopic (exact) mass is 1280 g/mol. The lowest BCUT2D eigenvalue weighted by molar-refractivity contribution is -0.307. The van der Waals surface area contributed by atoms with Crippen LogP contribution in [0.15, 0.2) is 109 Å². The number of hydrogen-bond acceptors (Lipinski definition) is 22. The van der Waals surface area contributed by atoms with Crippen molar-refractivity contribution in [3.05, 3.63) is 115 Å². The summed E-state index contributed by atoms with van der Waals surface area (Å²) >= 11 is 0. The maximum atomic E-state index is 14.0. The summed E-state index contributed by atoms with van der Waals surface area (Å²) < 4.78 is 24.6. The van der Waals surface area contributed by atoms with Gasteiger partial charge < -0.3 is 95.8 Å². The third-order valence-corrected chi connectivity index (χ3v) is 16.0. The number of amides is 2. The van der Waals surface area contributed by atoms with Gasteiger partial charge in [0.2, 0.25) is 11.8 Å². The van der Waals surface area contributed by atoms with Crippen molar-refractivity contribution in [3.63, 3.8) is 0 Å². The van der Waals surface area contributed by atoms with Crippen molar-refractivity contribution in [1.29, 1.82) is 0 Å². The first kappa shape index (κ1) is 77.8. The van der Waals surface area contributed by atoms with Gasteiger partial charge in [-0.3, -0.25) is 24.0 Å². The number of esters is 1. The van der Waals surface area contributed by atoms with E-state index in [0.717, 1.165) is 5.69 Å². The Kier molecular flexibility index (Phi) is 34.0. The maximum Gasteiger partial charge on any atom is 0.308 e. The number of carbonyl (C=O) groups excluding carboxylic acids is 5. The minimum absolute atomic E-state index is 0.0513. The number of hydrogen-bond donors (Lipinski definition) is 13. The first-order valence-electron chi connectivity index (χ1n) is 31.5. The van der Waals surface area contributed by atoms with Gasteiger partial charge >= 0.3 is 5.97 Å². The van der Waals surface area contributed by atoms with Gasteiger partial charge in [-0.25, -0.2) is 0 Å². The van der Waals surface area contributed by atoms with E-state index in [2.05, 4.69) is 16.0 Å². The lowest BCUT2D eigenvalue weighted by atomic mass is 9.82. The highest BCUT2D eigenvalue weighted by Gasteiger charge is 2.51. The Morgan fingerprint density at radius 3 is 1.87 bits per heavy atom. The van der Waals surface area contributed by atoms with Crippen molar-refractivity contribution in [2.45, 2.75) is 195 Å². The molecule has 91 heavy (non-hydrogen) atoms. The van der Waals surface area contributed by atoms with E-state index >= 15 is 0 Å². The summed E-state index contributed by atoms with van der Waals surface area (Å²) in [5.41, 5.74) is 1.30. The van der Waals surface area contributed by atoms with E-state index in [0.29, 0.717) is 18.5 Å². The number of aliphatic hydroxyl groups excluding tert-OH is 9. The normalized spacial score (nSPS) is 32.4. The van der Waals surface area contributed by atoms with Crippen molar-refractivity contribution in [3.8, 4) is 0 Å². The molecule has 4 rings (SSSR count).